The van der Waals surface area contributed by atoms with Crippen LogP contribution in [0.5, 0.6) is 5.75 Å². The first-order valence-electron chi connectivity index (χ1n) is 5.85. The summed E-state index contributed by atoms with van der Waals surface area (Å²) in [4.78, 5) is 22.3. The lowest BCUT2D eigenvalue weighted by atomic mass is 10.1. The largest absolute Gasteiger partial charge is 0.494 e. The fourth-order valence-electron chi connectivity index (χ4n) is 1.85. The molecule has 5 heteroatoms. The highest BCUT2D eigenvalue weighted by molar-refractivity contribution is 6.07. The number of ether oxygens (including phenoxy) is 1. The van der Waals surface area contributed by atoms with Gasteiger partial charge in [-0.3, -0.25) is 9.59 Å². The molecule has 1 aromatic carbocycles. The third-order valence-corrected chi connectivity index (χ3v) is 2.78. The summed E-state index contributed by atoms with van der Waals surface area (Å²) in [6.07, 6.45) is 1.23. The number of benzene rings is 1. The van der Waals surface area contributed by atoms with E-state index in [1.165, 1.54) is 12.1 Å². The van der Waals surface area contributed by atoms with E-state index in [9.17, 15) is 14.0 Å². The van der Waals surface area contributed by atoms with E-state index in [1.807, 2.05) is 0 Å². The molecule has 1 amide bonds. The van der Waals surface area contributed by atoms with Crippen LogP contribution in [0.25, 0.3) is 0 Å². The Bertz CT molecular complexity index is 444. The maximum absolute atomic E-state index is 12.6. The zero-order valence-electron chi connectivity index (χ0n) is 9.82. The van der Waals surface area contributed by atoms with E-state index < -0.39 is 0 Å². The standard InChI is InChI=1S/C13H14FNO3/c14-9-3-5-10(6-4-9)18-7-1-2-11-12(16)8-13(17)15-11/h3-6,11H,1-2,7-8H2,(H,15,17). The second-order valence-corrected chi connectivity index (χ2v) is 4.21. The van der Waals surface area contributed by atoms with Crippen molar-refractivity contribution in [2.75, 3.05) is 6.61 Å². The van der Waals surface area contributed by atoms with Gasteiger partial charge in [-0.15, -0.1) is 0 Å². The zero-order chi connectivity index (χ0) is 13.0. The lowest BCUT2D eigenvalue weighted by molar-refractivity contribution is -0.122. The van der Waals surface area contributed by atoms with E-state index in [0.29, 0.717) is 25.2 Å². The van der Waals surface area contributed by atoms with Gasteiger partial charge in [-0.2, -0.15) is 0 Å². The summed E-state index contributed by atoms with van der Waals surface area (Å²) in [6.45, 7) is 0.436. The first-order valence-corrected chi connectivity index (χ1v) is 5.85. The average Bonchev–Trinajstić information content (AvgIpc) is 2.66. The van der Waals surface area contributed by atoms with E-state index >= 15 is 0 Å². The molecule has 1 atom stereocenters. The van der Waals surface area contributed by atoms with Crippen molar-refractivity contribution in [1.29, 1.82) is 0 Å². The molecular formula is C13H14FNO3. The van der Waals surface area contributed by atoms with Gasteiger partial charge in [0.2, 0.25) is 5.91 Å². The normalized spacial score (nSPS) is 18.8. The van der Waals surface area contributed by atoms with E-state index in [2.05, 4.69) is 5.32 Å². The minimum atomic E-state index is -0.366. The summed E-state index contributed by atoms with van der Waals surface area (Å²) in [7, 11) is 0. The number of carbonyl (C=O) groups is 2. The SMILES string of the molecule is O=C1CC(=O)C(CCCOc2ccc(F)cc2)N1. The molecule has 1 heterocycles. The van der Waals surface area contributed by atoms with Crippen LogP contribution in [-0.2, 0) is 9.59 Å². The van der Waals surface area contributed by atoms with Crippen LogP contribution >= 0.6 is 0 Å². The fourth-order valence-corrected chi connectivity index (χ4v) is 1.85. The molecule has 4 nitrogen and oxygen atoms in total. The average molecular weight is 251 g/mol. The molecule has 1 N–H and O–H groups in total. The highest BCUT2D eigenvalue weighted by Gasteiger charge is 2.29. The molecule has 1 aliphatic rings. The first-order chi connectivity index (χ1) is 8.65. The molecule has 0 aromatic heterocycles. The third-order valence-electron chi connectivity index (χ3n) is 2.78. The van der Waals surface area contributed by atoms with Crippen molar-refractivity contribution >= 4 is 11.7 Å². The number of halogens is 1. The number of amides is 1. The van der Waals surface area contributed by atoms with Crippen LogP contribution in [0.1, 0.15) is 19.3 Å². The van der Waals surface area contributed by atoms with Crippen LogP contribution in [0.4, 0.5) is 4.39 Å². The Labute approximate surface area is 104 Å². The van der Waals surface area contributed by atoms with Crippen LogP contribution in [0.3, 0.4) is 0 Å². The van der Waals surface area contributed by atoms with Gasteiger partial charge >= 0.3 is 0 Å². The molecule has 1 aromatic rings. The topological polar surface area (TPSA) is 55.4 Å². The molecule has 0 saturated carbocycles. The van der Waals surface area contributed by atoms with Gasteiger partial charge in [-0.25, -0.2) is 4.39 Å². The smallest absolute Gasteiger partial charge is 0.228 e. The summed E-state index contributed by atoms with van der Waals surface area (Å²) >= 11 is 0. The van der Waals surface area contributed by atoms with Crippen LogP contribution in [0.15, 0.2) is 24.3 Å². The third kappa shape index (κ3) is 3.29. The predicted octanol–water partition coefficient (Wildman–Crippen LogP) is 1.44. The Morgan fingerprint density at radius 3 is 2.61 bits per heavy atom. The highest BCUT2D eigenvalue weighted by Crippen LogP contribution is 2.13. The molecule has 1 fully saturated rings. The van der Waals surface area contributed by atoms with Gasteiger partial charge in [0.05, 0.1) is 19.1 Å². The van der Waals surface area contributed by atoms with E-state index in [-0.39, 0.29) is 30.0 Å². The maximum Gasteiger partial charge on any atom is 0.228 e. The van der Waals surface area contributed by atoms with E-state index in [1.54, 1.807) is 12.1 Å². The van der Waals surface area contributed by atoms with Gasteiger partial charge in [0, 0.05) is 0 Å². The molecule has 0 radical (unpaired) electrons. The molecule has 1 saturated heterocycles. The van der Waals surface area contributed by atoms with Crippen molar-refractivity contribution in [3.05, 3.63) is 30.1 Å². The second-order valence-electron chi connectivity index (χ2n) is 4.21. The number of nitrogens with one attached hydrogen (secondary N) is 1. The number of carbonyl (C=O) groups excluding carboxylic acids is 2. The Balaban J connectivity index is 1.68. The minimum absolute atomic E-state index is 0.0104. The van der Waals surface area contributed by atoms with Gasteiger partial charge in [-0.1, -0.05) is 0 Å². The van der Waals surface area contributed by atoms with Gasteiger partial charge < -0.3 is 10.1 Å². The van der Waals surface area contributed by atoms with Crippen LogP contribution in [0.2, 0.25) is 0 Å². The monoisotopic (exact) mass is 251 g/mol. The second kappa shape index (κ2) is 5.62. The number of rotatable bonds is 5. The summed E-state index contributed by atoms with van der Waals surface area (Å²) in [6, 6.07) is 5.40. The number of hydrogen-bond acceptors (Lipinski definition) is 3. The van der Waals surface area contributed by atoms with Gasteiger partial charge in [0.25, 0.3) is 0 Å². The van der Waals surface area contributed by atoms with Crippen molar-refractivity contribution in [3.8, 4) is 5.75 Å². The Kier molecular flexibility index (Phi) is 3.92. The van der Waals surface area contributed by atoms with Gasteiger partial charge in [0.15, 0.2) is 5.78 Å². The van der Waals surface area contributed by atoms with Gasteiger partial charge in [0.1, 0.15) is 11.6 Å². The Morgan fingerprint density at radius 1 is 1.28 bits per heavy atom. The number of ketones is 1. The molecule has 0 aliphatic carbocycles. The summed E-state index contributed by atoms with van der Waals surface area (Å²) in [5.74, 6) is 0.0334. The molecule has 0 bridgehead atoms. The molecular weight excluding hydrogens is 237 g/mol. The summed E-state index contributed by atoms with van der Waals surface area (Å²) in [5.41, 5.74) is 0. The van der Waals surface area contributed by atoms with Crippen molar-refractivity contribution in [1.82, 2.24) is 5.32 Å². The Morgan fingerprint density at radius 2 is 2.00 bits per heavy atom. The van der Waals surface area contributed by atoms with Crippen molar-refractivity contribution < 1.29 is 18.7 Å². The first kappa shape index (κ1) is 12.5. The number of Topliss-reactive ketones (excluding diaryl/α,β-unsaturated/α-hetero) is 1. The van der Waals surface area contributed by atoms with Gasteiger partial charge in [-0.05, 0) is 37.1 Å². The Hall–Kier alpha value is -1.91. The van der Waals surface area contributed by atoms with Crippen molar-refractivity contribution in [2.45, 2.75) is 25.3 Å². The minimum Gasteiger partial charge on any atom is -0.494 e. The number of hydrogen-bond donors (Lipinski definition) is 1. The quantitative estimate of drug-likeness (QED) is 0.636. The molecule has 1 aliphatic heterocycles. The molecule has 0 spiro atoms. The van der Waals surface area contributed by atoms with Crippen molar-refractivity contribution in [2.24, 2.45) is 0 Å². The highest BCUT2D eigenvalue weighted by atomic mass is 19.1. The lowest BCUT2D eigenvalue weighted by Crippen LogP contribution is -2.29. The molecule has 1 unspecified atom stereocenters. The summed E-state index contributed by atoms with van der Waals surface area (Å²) < 4.78 is 18.0. The summed E-state index contributed by atoms with van der Waals surface area (Å²) in [5, 5.41) is 2.62. The van der Waals surface area contributed by atoms with Crippen molar-refractivity contribution in [3.63, 3.8) is 0 Å². The molecule has 96 valence electrons. The molecule has 18 heavy (non-hydrogen) atoms. The maximum atomic E-state index is 12.6. The van der Waals surface area contributed by atoms with Crippen LogP contribution < -0.4 is 10.1 Å². The van der Waals surface area contributed by atoms with E-state index in [4.69, 9.17) is 4.74 Å². The molecule has 2 rings (SSSR count). The van der Waals surface area contributed by atoms with Crippen LogP contribution in [-0.4, -0.2) is 24.3 Å². The fraction of sp³-hybridized carbons (Fsp3) is 0.385. The van der Waals surface area contributed by atoms with E-state index in [0.717, 1.165) is 0 Å². The zero-order valence-corrected chi connectivity index (χ0v) is 9.82. The predicted molar refractivity (Wildman–Crippen MR) is 62.7 cm³/mol. The van der Waals surface area contributed by atoms with Crippen LogP contribution in [0, 0.1) is 5.82 Å². The lowest BCUT2D eigenvalue weighted by Gasteiger charge is -2.09.